The fourth-order valence-electron chi connectivity index (χ4n) is 3.13. The van der Waals surface area contributed by atoms with Gasteiger partial charge in [-0.05, 0) is 24.3 Å². The van der Waals surface area contributed by atoms with Crippen molar-refractivity contribution in [3.8, 4) is 5.88 Å². The van der Waals surface area contributed by atoms with Gasteiger partial charge in [0.1, 0.15) is 29.8 Å². The van der Waals surface area contributed by atoms with Crippen molar-refractivity contribution in [1.29, 1.82) is 0 Å². The van der Waals surface area contributed by atoms with Crippen LogP contribution in [0.15, 0.2) is 61.1 Å². The van der Waals surface area contributed by atoms with E-state index in [2.05, 4.69) is 9.97 Å². The minimum absolute atomic E-state index is 0.0812. The molecule has 0 unspecified atom stereocenters. The summed E-state index contributed by atoms with van der Waals surface area (Å²) in [5, 5.41) is 11.0. The van der Waals surface area contributed by atoms with Crippen LogP contribution < -0.4 is 4.40 Å². The van der Waals surface area contributed by atoms with Crippen molar-refractivity contribution < 1.29 is 23.4 Å². The molecule has 0 saturated carbocycles. The number of carbonyl (C=O) groups is 1. The number of carbonyl (C=O) groups excluding carboxylic acids is 1. The first-order valence-electron chi connectivity index (χ1n) is 9.07. The topological polar surface area (TPSA) is 81.3 Å². The molecule has 0 aliphatic carbocycles. The van der Waals surface area contributed by atoms with E-state index in [1.165, 1.54) is 22.7 Å². The number of aromatic nitrogens is 4. The maximum absolute atomic E-state index is 13.7. The van der Waals surface area contributed by atoms with Crippen LogP contribution >= 0.6 is 11.6 Å². The van der Waals surface area contributed by atoms with Gasteiger partial charge in [0.15, 0.2) is 0 Å². The molecule has 30 heavy (non-hydrogen) atoms. The van der Waals surface area contributed by atoms with Crippen LogP contribution in [-0.2, 0) is 17.9 Å². The van der Waals surface area contributed by atoms with Crippen molar-refractivity contribution in [3.05, 3.63) is 89.0 Å². The first-order valence-corrected chi connectivity index (χ1v) is 9.45. The number of hydrogen-bond acceptors (Lipinski definition) is 5. The van der Waals surface area contributed by atoms with Crippen LogP contribution in [-0.4, -0.2) is 32.0 Å². The molecule has 0 saturated heterocycles. The summed E-state index contributed by atoms with van der Waals surface area (Å²) < 4.78 is 22.2. The number of nitrogens with zero attached hydrogens (tertiary/aromatic N) is 4. The van der Waals surface area contributed by atoms with Gasteiger partial charge in [0, 0.05) is 24.0 Å². The maximum Gasteiger partial charge on any atom is 0.339 e. The smallest absolute Gasteiger partial charge is 0.339 e. The molecule has 0 aliphatic rings. The van der Waals surface area contributed by atoms with Crippen molar-refractivity contribution in [3.63, 3.8) is 0 Å². The highest BCUT2D eigenvalue weighted by molar-refractivity contribution is 6.29. The molecule has 4 heterocycles. The van der Waals surface area contributed by atoms with E-state index in [9.17, 15) is 14.3 Å². The molecule has 4 aromatic heterocycles. The van der Waals surface area contributed by atoms with Crippen molar-refractivity contribution in [1.82, 2.24) is 14.5 Å². The highest BCUT2D eigenvalue weighted by Gasteiger charge is 2.31. The van der Waals surface area contributed by atoms with Crippen LogP contribution in [0.2, 0.25) is 5.15 Å². The lowest BCUT2D eigenvalue weighted by molar-refractivity contribution is -0.521. The lowest BCUT2D eigenvalue weighted by Gasteiger charge is -2.05. The Morgan fingerprint density at radius 2 is 2.07 bits per heavy atom. The number of pyridine rings is 3. The molecule has 152 valence electrons. The summed E-state index contributed by atoms with van der Waals surface area (Å²) in [6.07, 6.45) is 4.71. The van der Waals surface area contributed by atoms with Gasteiger partial charge >= 0.3 is 5.88 Å². The first-order chi connectivity index (χ1) is 14.5. The fourth-order valence-corrected chi connectivity index (χ4v) is 3.25. The SMILES string of the molecule is O=C(COCc1ncccc1F)c1c(O)[n+]2ccccc2n1Cc1ccc(Cl)nc1. The molecular formula is C21H17ClFN4O3+. The van der Waals surface area contributed by atoms with Gasteiger partial charge in [-0.1, -0.05) is 23.7 Å². The molecule has 4 aromatic rings. The molecule has 0 atom stereocenters. The minimum atomic E-state index is -0.507. The van der Waals surface area contributed by atoms with E-state index in [1.807, 2.05) is 0 Å². The number of halogens is 2. The van der Waals surface area contributed by atoms with Gasteiger partial charge in [-0.25, -0.2) is 13.9 Å². The van der Waals surface area contributed by atoms with E-state index >= 15 is 0 Å². The maximum atomic E-state index is 13.7. The molecule has 0 amide bonds. The zero-order valence-corrected chi connectivity index (χ0v) is 16.5. The number of rotatable bonds is 7. The summed E-state index contributed by atoms with van der Waals surface area (Å²) in [6, 6.07) is 11.5. The van der Waals surface area contributed by atoms with Gasteiger partial charge in [0.25, 0.3) is 11.3 Å². The molecule has 0 aromatic carbocycles. The molecule has 0 fully saturated rings. The molecule has 0 bridgehead atoms. The molecule has 0 radical (unpaired) electrons. The summed E-state index contributed by atoms with van der Waals surface area (Å²) >= 11 is 5.85. The zero-order valence-electron chi connectivity index (χ0n) is 15.7. The Hall–Kier alpha value is -3.36. The number of Topliss-reactive ketones (excluding diaryl/α,β-unsaturated/α-hetero) is 1. The van der Waals surface area contributed by atoms with Gasteiger partial charge in [-0.2, -0.15) is 4.40 Å². The molecule has 0 spiro atoms. The van der Waals surface area contributed by atoms with Crippen molar-refractivity contribution >= 4 is 23.0 Å². The summed E-state index contributed by atoms with van der Waals surface area (Å²) in [4.78, 5) is 20.9. The molecular weight excluding hydrogens is 411 g/mol. The van der Waals surface area contributed by atoms with Gasteiger partial charge in [0.05, 0.1) is 12.8 Å². The fraction of sp³-hybridized carbons (Fsp3) is 0.143. The van der Waals surface area contributed by atoms with Crippen LogP contribution in [0.3, 0.4) is 0 Å². The van der Waals surface area contributed by atoms with E-state index in [-0.39, 0.29) is 37.0 Å². The Balaban J connectivity index is 1.62. The van der Waals surface area contributed by atoms with Crippen LogP contribution in [0.5, 0.6) is 5.88 Å². The Labute approximate surface area is 176 Å². The monoisotopic (exact) mass is 427 g/mol. The van der Waals surface area contributed by atoms with Gasteiger partial charge in [0.2, 0.25) is 5.78 Å². The van der Waals surface area contributed by atoms with Crippen LogP contribution in [0.1, 0.15) is 21.7 Å². The Kier molecular flexibility index (Phi) is 5.69. The number of ketones is 1. The Morgan fingerprint density at radius 1 is 1.20 bits per heavy atom. The largest absolute Gasteiger partial charge is 0.474 e. The molecule has 4 rings (SSSR count). The van der Waals surface area contributed by atoms with Crippen LogP contribution in [0.4, 0.5) is 4.39 Å². The molecule has 7 nitrogen and oxygen atoms in total. The molecule has 1 N–H and O–H groups in total. The zero-order chi connectivity index (χ0) is 21.1. The second-order valence-corrected chi connectivity index (χ2v) is 6.91. The highest BCUT2D eigenvalue weighted by Crippen LogP contribution is 2.20. The highest BCUT2D eigenvalue weighted by atomic mass is 35.5. The van der Waals surface area contributed by atoms with E-state index < -0.39 is 11.6 Å². The Bertz CT molecular complexity index is 1210. The van der Waals surface area contributed by atoms with Crippen molar-refractivity contribution in [2.45, 2.75) is 13.2 Å². The number of imidazole rings is 1. The second-order valence-electron chi connectivity index (χ2n) is 6.52. The number of ether oxygens (including phenoxy) is 1. The second kappa shape index (κ2) is 8.56. The van der Waals surface area contributed by atoms with E-state index in [0.29, 0.717) is 10.8 Å². The van der Waals surface area contributed by atoms with Crippen LogP contribution in [0, 0.1) is 5.82 Å². The van der Waals surface area contributed by atoms with E-state index in [0.717, 1.165) is 5.56 Å². The van der Waals surface area contributed by atoms with Crippen molar-refractivity contribution in [2.24, 2.45) is 0 Å². The van der Waals surface area contributed by atoms with Gasteiger partial charge in [-0.15, -0.1) is 0 Å². The predicted octanol–water partition coefficient (Wildman–Crippen LogP) is 2.96. The normalized spacial score (nSPS) is 11.1. The predicted molar refractivity (Wildman–Crippen MR) is 106 cm³/mol. The Morgan fingerprint density at radius 3 is 2.83 bits per heavy atom. The quantitative estimate of drug-likeness (QED) is 0.278. The first kappa shape index (κ1) is 19.9. The third-order valence-corrected chi connectivity index (χ3v) is 4.75. The van der Waals surface area contributed by atoms with E-state index in [4.69, 9.17) is 16.3 Å². The third-order valence-electron chi connectivity index (χ3n) is 4.52. The van der Waals surface area contributed by atoms with Crippen molar-refractivity contribution in [2.75, 3.05) is 6.61 Å². The lowest BCUT2D eigenvalue weighted by Crippen LogP contribution is -2.19. The van der Waals surface area contributed by atoms with Gasteiger partial charge < -0.3 is 9.84 Å². The average molecular weight is 428 g/mol. The lowest BCUT2D eigenvalue weighted by atomic mass is 10.2. The van der Waals surface area contributed by atoms with Gasteiger partial charge in [-0.3, -0.25) is 9.78 Å². The van der Waals surface area contributed by atoms with Crippen LogP contribution in [0.25, 0.3) is 5.65 Å². The molecule has 9 heteroatoms. The van der Waals surface area contributed by atoms with E-state index in [1.54, 1.807) is 47.3 Å². The molecule has 0 aliphatic heterocycles. The number of hydrogen-bond donors (Lipinski definition) is 1. The third kappa shape index (κ3) is 4.00. The number of fused-ring (bicyclic) bond motifs is 1. The summed E-state index contributed by atoms with van der Waals surface area (Å²) in [5.74, 6) is -1.16. The minimum Gasteiger partial charge on any atom is -0.474 e. The number of aromatic hydroxyl groups is 1. The summed E-state index contributed by atoms with van der Waals surface area (Å²) in [6.45, 7) is -0.221. The average Bonchev–Trinajstić information content (AvgIpc) is 3.03. The standard InChI is InChI=1S/C21H16ClFN4O3/c22-18-7-6-14(10-25-18)11-27-19-5-1-2-9-26(19)21(29)20(27)17(28)13-30-12-16-15(23)4-3-8-24-16/h1-10H,11-13H2/p+1. The summed E-state index contributed by atoms with van der Waals surface area (Å²) in [5.41, 5.74) is 1.60. The summed E-state index contributed by atoms with van der Waals surface area (Å²) in [7, 11) is 0.